The van der Waals surface area contributed by atoms with Crippen LogP contribution in [0.25, 0.3) is 0 Å². The Balaban J connectivity index is 1.64. The maximum atomic E-state index is 13.1. The van der Waals surface area contributed by atoms with Crippen molar-refractivity contribution in [3.05, 3.63) is 47.5 Å². The first-order chi connectivity index (χ1) is 12.0. The van der Waals surface area contributed by atoms with E-state index in [-0.39, 0.29) is 23.8 Å². The van der Waals surface area contributed by atoms with Gasteiger partial charge in [0.05, 0.1) is 5.75 Å². The molecule has 7 heteroatoms. The average Bonchev–Trinajstić information content (AvgIpc) is 3.08. The van der Waals surface area contributed by atoms with Gasteiger partial charge in [-0.3, -0.25) is 0 Å². The number of fused-ring (bicyclic) bond motifs is 3. The Morgan fingerprint density at radius 3 is 2.56 bits per heavy atom. The van der Waals surface area contributed by atoms with Gasteiger partial charge in [0.1, 0.15) is 11.6 Å². The van der Waals surface area contributed by atoms with Crippen molar-refractivity contribution in [2.45, 2.75) is 63.4 Å². The topological polar surface area (TPSA) is 68.1 Å². The largest absolute Gasteiger partial charge is 0.313 e. The van der Waals surface area contributed by atoms with E-state index in [0.29, 0.717) is 13.0 Å². The molecule has 6 nitrogen and oxygen atoms in total. The molecule has 0 amide bonds. The first-order valence-corrected chi connectivity index (χ1v) is 10.5. The zero-order chi connectivity index (χ0) is 17.6. The fraction of sp³-hybridized carbons (Fsp3) is 0.556. The lowest BCUT2D eigenvalue weighted by molar-refractivity contribution is 0.313. The molecule has 2 aliphatic rings. The van der Waals surface area contributed by atoms with E-state index in [1.807, 2.05) is 30.3 Å². The molecule has 1 aromatic carbocycles. The molecule has 25 heavy (non-hydrogen) atoms. The molecule has 1 fully saturated rings. The Bertz CT molecular complexity index is 860. The van der Waals surface area contributed by atoms with Crippen molar-refractivity contribution in [3.8, 4) is 0 Å². The third-order valence-electron chi connectivity index (χ3n) is 5.25. The summed E-state index contributed by atoms with van der Waals surface area (Å²) in [4.78, 5) is 0. The molecule has 0 spiro atoms. The third kappa shape index (κ3) is 3.00. The van der Waals surface area contributed by atoms with Gasteiger partial charge in [-0.1, -0.05) is 44.2 Å². The molecule has 2 bridgehead atoms. The molecule has 1 saturated heterocycles. The molecular weight excluding hydrogens is 336 g/mol. The van der Waals surface area contributed by atoms with E-state index in [1.165, 1.54) is 0 Å². The van der Waals surface area contributed by atoms with Gasteiger partial charge < -0.3 is 4.57 Å². The molecule has 0 radical (unpaired) electrons. The second-order valence-corrected chi connectivity index (χ2v) is 9.27. The molecule has 3 heterocycles. The smallest absolute Gasteiger partial charge is 0.218 e. The van der Waals surface area contributed by atoms with Crippen LogP contribution in [-0.4, -0.2) is 39.6 Å². The lowest BCUT2D eigenvalue weighted by atomic mass is 10.1. The first-order valence-electron chi connectivity index (χ1n) is 8.93. The lowest BCUT2D eigenvalue weighted by Crippen LogP contribution is -2.42. The van der Waals surface area contributed by atoms with Crippen LogP contribution in [0.5, 0.6) is 0 Å². The molecule has 2 aromatic rings. The molecular formula is C18H24N4O2S. The van der Waals surface area contributed by atoms with Gasteiger partial charge in [0, 0.05) is 31.0 Å². The van der Waals surface area contributed by atoms with Crippen LogP contribution in [0.15, 0.2) is 30.3 Å². The van der Waals surface area contributed by atoms with Gasteiger partial charge in [-0.2, -0.15) is 4.31 Å². The van der Waals surface area contributed by atoms with Crippen molar-refractivity contribution in [1.29, 1.82) is 0 Å². The van der Waals surface area contributed by atoms with Crippen molar-refractivity contribution in [1.82, 2.24) is 19.1 Å². The molecule has 0 N–H and O–H groups in total. The van der Waals surface area contributed by atoms with Gasteiger partial charge in [-0.05, 0) is 18.4 Å². The van der Waals surface area contributed by atoms with Crippen LogP contribution in [-0.2, 0) is 28.7 Å². The molecule has 4 rings (SSSR count). The summed E-state index contributed by atoms with van der Waals surface area (Å²) >= 11 is 0. The fourth-order valence-corrected chi connectivity index (χ4v) is 6.19. The first kappa shape index (κ1) is 16.7. The predicted molar refractivity (Wildman–Crippen MR) is 95.5 cm³/mol. The SMILES string of the molecule is CC(C)c1nnc2n1CC1CCC(C2)N1S(=O)(=O)Cc1ccccc1. The number of hydrogen-bond acceptors (Lipinski definition) is 4. The molecule has 0 aliphatic carbocycles. The van der Waals surface area contributed by atoms with Crippen LogP contribution in [0.4, 0.5) is 0 Å². The van der Waals surface area contributed by atoms with Crippen LogP contribution >= 0.6 is 0 Å². The van der Waals surface area contributed by atoms with Gasteiger partial charge in [0.15, 0.2) is 0 Å². The summed E-state index contributed by atoms with van der Waals surface area (Å²) in [5, 5.41) is 8.68. The van der Waals surface area contributed by atoms with E-state index in [4.69, 9.17) is 0 Å². The number of rotatable bonds is 4. The van der Waals surface area contributed by atoms with E-state index in [9.17, 15) is 8.42 Å². The monoisotopic (exact) mass is 360 g/mol. The minimum atomic E-state index is -3.35. The fourth-order valence-electron chi connectivity index (χ4n) is 4.16. The molecule has 134 valence electrons. The van der Waals surface area contributed by atoms with Gasteiger partial charge in [-0.15, -0.1) is 10.2 Å². The van der Waals surface area contributed by atoms with Crippen LogP contribution in [0.1, 0.15) is 49.8 Å². The Labute approximate surface area is 148 Å². The van der Waals surface area contributed by atoms with E-state index in [0.717, 1.165) is 30.1 Å². The summed E-state index contributed by atoms with van der Waals surface area (Å²) in [6, 6.07) is 9.45. The van der Waals surface area contributed by atoms with Gasteiger partial charge in [0.2, 0.25) is 10.0 Å². The van der Waals surface area contributed by atoms with Crippen molar-refractivity contribution in [2.75, 3.05) is 0 Å². The van der Waals surface area contributed by atoms with Gasteiger partial charge in [-0.25, -0.2) is 8.42 Å². The number of benzene rings is 1. The van der Waals surface area contributed by atoms with Crippen LogP contribution in [0, 0.1) is 0 Å². The minimum absolute atomic E-state index is 0.00387. The summed E-state index contributed by atoms with van der Waals surface area (Å²) < 4.78 is 30.2. The van der Waals surface area contributed by atoms with E-state index < -0.39 is 10.0 Å². The highest BCUT2D eigenvalue weighted by atomic mass is 32.2. The molecule has 2 unspecified atom stereocenters. The Kier molecular flexibility index (Phi) is 4.16. The third-order valence-corrected chi connectivity index (χ3v) is 7.19. The Hall–Kier alpha value is -1.73. The predicted octanol–water partition coefficient (Wildman–Crippen LogP) is 2.32. The second-order valence-electron chi connectivity index (χ2n) is 7.40. The Morgan fingerprint density at radius 2 is 1.84 bits per heavy atom. The summed E-state index contributed by atoms with van der Waals surface area (Å²) in [7, 11) is -3.35. The van der Waals surface area contributed by atoms with Crippen molar-refractivity contribution >= 4 is 10.0 Å². The van der Waals surface area contributed by atoms with Gasteiger partial charge >= 0.3 is 0 Å². The summed E-state index contributed by atoms with van der Waals surface area (Å²) in [5.41, 5.74) is 0.841. The summed E-state index contributed by atoms with van der Waals surface area (Å²) in [5.74, 6) is 2.24. The molecule has 2 aliphatic heterocycles. The maximum Gasteiger partial charge on any atom is 0.218 e. The van der Waals surface area contributed by atoms with E-state index >= 15 is 0 Å². The number of hydrogen-bond donors (Lipinski definition) is 0. The Morgan fingerprint density at radius 1 is 1.12 bits per heavy atom. The van der Waals surface area contributed by atoms with Crippen molar-refractivity contribution in [3.63, 3.8) is 0 Å². The molecule has 0 saturated carbocycles. The van der Waals surface area contributed by atoms with Gasteiger partial charge in [0.25, 0.3) is 0 Å². The van der Waals surface area contributed by atoms with E-state index in [2.05, 4.69) is 28.6 Å². The second kappa shape index (κ2) is 6.21. The van der Waals surface area contributed by atoms with Crippen LogP contribution in [0.2, 0.25) is 0 Å². The highest BCUT2D eigenvalue weighted by Gasteiger charge is 2.44. The highest BCUT2D eigenvalue weighted by Crippen LogP contribution is 2.35. The number of nitrogens with zero attached hydrogens (tertiary/aromatic N) is 4. The average molecular weight is 360 g/mol. The molecule has 2 atom stereocenters. The maximum absolute atomic E-state index is 13.1. The zero-order valence-corrected chi connectivity index (χ0v) is 15.5. The number of sulfonamides is 1. The van der Waals surface area contributed by atoms with Crippen LogP contribution in [0.3, 0.4) is 0 Å². The minimum Gasteiger partial charge on any atom is -0.313 e. The zero-order valence-electron chi connectivity index (χ0n) is 14.7. The lowest BCUT2D eigenvalue weighted by Gasteiger charge is -2.27. The van der Waals surface area contributed by atoms with Crippen molar-refractivity contribution in [2.24, 2.45) is 0 Å². The van der Waals surface area contributed by atoms with Crippen molar-refractivity contribution < 1.29 is 8.42 Å². The normalized spacial score (nSPS) is 23.6. The quantitative estimate of drug-likeness (QED) is 0.839. The summed E-state index contributed by atoms with van der Waals surface area (Å²) in [6.07, 6.45) is 2.47. The highest BCUT2D eigenvalue weighted by molar-refractivity contribution is 7.88. The van der Waals surface area contributed by atoms with Crippen LogP contribution < -0.4 is 0 Å². The molecule has 1 aromatic heterocycles. The number of aromatic nitrogens is 3. The summed E-state index contributed by atoms with van der Waals surface area (Å²) in [6.45, 7) is 4.87. The van der Waals surface area contributed by atoms with E-state index in [1.54, 1.807) is 4.31 Å². The standard InChI is InChI=1S/C18H24N4O2S/c1-13(2)18-20-19-17-10-15-8-9-16(11-21(17)18)22(15)25(23,24)12-14-6-4-3-5-7-14/h3-7,13,15-16H,8-12H2,1-2H3.